The Labute approximate surface area is 91.7 Å². The van der Waals surface area contributed by atoms with Gasteiger partial charge in [0, 0.05) is 24.2 Å². The first-order valence-corrected chi connectivity index (χ1v) is 5.64. The topological polar surface area (TPSA) is 3.24 Å². The average molecular weight is 212 g/mol. The lowest BCUT2D eigenvalue weighted by molar-refractivity contribution is 0.704. The fourth-order valence-electron chi connectivity index (χ4n) is 1.62. The molecule has 0 saturated carbocycles. The summed E-state index contributed by atoms with van der Waals surface area (Å²) < 4.78 is 0. The molecular formula is C12H18ClN. The fourth-order valence-corrected chi connectivity index (χ4v) is 1.80. The summed E-state index contributed by atoms with van der Waals surface area (Å²) in [7, 11) is 0. The fraction of sp³-hybridized carbons (Fsp3) is 0.500. The van der Waals surface area contributed by atoms with Crippen molar-refractivity contribution in [1.29, 1.82) is 0 Å². The van der Waals surface area contributed by atoms with Crippen LogP contribution in [0.15, 0.2) is 24.3 Å². The van der Waals surface area contributed by atoms with Gasteiger partial charge in [-0.2, -0.15) is 0 Å². The molecule has 0 aromatic heterocycles. The van der Waals surface area contributed by atoms with E-state index in [1.54, 1.807) is 0 Å². The molecule has 1 aromatic rings. The van der Waals surface area contributed by atoms with Crippen LogP contribution in [0.3, 0.4) is 0 Å². The Kier molecular flexibility index (Phi) is 4.27. The number of nitrogens with zero attached hydrogens (tertiary/aromatic N) is 1. The van der Waals surface area contributed by atoms with Gasteiger partial charge in [0.25, 0.3) is 0 Å². The number of halogens is 1. The molecule has 0 radical (unpaired) electrons. The Morgan fingerprint density at radius 2 is 1.79 bits per heavy atom. The highest BCUT2D eigenvalue weighted by molar-refractivity contribution is 6.17. The Bertz CT molecular complexity index is 266. The molecule has 0 aliphatic heterocycles. The van der Waals surface area contributed by atoms with Gasteiger partial charge in [0.05, 0.1) is 0 Å². The van der Waals surface area contributed by atoms with E-state index in [0.717, 1.165) is 6.54 Å². The van der Waals surface area contributed by atoms with Crippen LogP contribution >= 0.6 is 11.6 Å². The predicted molar refractivity (Wildman–Crippen MR) is 64.2 cm³/mol. The first-order valence-electron chi connectivity index (χ1n) is 5.10. The molecule has 78 valence electrons. The molecule has 2 heteroatoms. The summed E-state index contributed by atoms with van der Waals surface area (Å²) in [5.74, 6) is 0.591. The third kappa shape index (κ3) is 2.65. The summed E-state index contributed by atoms with van der Waals surface area (Å²) in [4.78, 5) is 2.36. The molecule has 1 rings (SSSR count). The number of benzene rings is 1. The summed E-state index contributed by atoms with van der Waals surface area (Å²) in [6, 6.07) is 9.00. The van der Waals surface area contributed by atoms with Crippen molar-refractivity contribution in [1.82, 2.24) is 0 Å². The van der Waals surface area contributed by atoms with Gasteiger partial charge < -0.3 is 4.90 Å². The monoisotopic (exact) mass is 211 g/mol. The minimum absolute atomic E-state index is 0.543. The zero-order chi connectivity index (χ0) is 10.6. The molecule has 0 heterocycles. The van der Waals surface area contributed by atoms with Crippen LogP contribution in [0.1, 0.15) is 26.3 Å². The van der Waals surface area contributed by atoms with Gasteiger partial charge in [0.1, 0.15) is 0 Å². The zero-order valence-corrected chi connectivity index (χ0v) is 9.88. The van der Waals surface area contributed by atoms with E-state index in [1.165, 1.54) is 11.3 Å². The predicted octanol–water partition coefficient (Wildman–Crippen LogP) is 3.66. The smallest absolute Gasteiger partial charge is 0.0474 e. The standard InChI is InChI=1S/C12H18ClN/c1-4-14(10(2)3)12-7-5-11(9-13)6-8-12/h5-8,10H,4,9H2,1-3H3. The molecule has 0 aliphatic carbocycles. The van der Waals surface area contributed by atoms with Gasteiger partial charge in [-0.3, -0.25) is 0 Å². The molecule has 0 amide bonds. The number of alkyl halides is 1. The van der Waals surface area contributed by atoms with E-state index in [0.29, 0.717) is 11.9 Å². The van der Waals surface area contributed by atoms with Crippen LogP contribution in [-0.2, 0) is 5.88 Å². The van der Waals surface area contributed by atoms with E-state index in [4.69, 9.17) is 11.6 Å². The van der Waals surface area contributed by atoms with Crippen molar-refractivity contribution < 1.29 is 0 Å². The lowest BCUT2D eigenvalue weighted by Crippen LogP contribution is -2.30. The summed E-state index contributed by atoms with van der Waals surface area (Å²) in [6.07, 6.45) is 0. The highest BCUT2D eigenvalue weighted by atomic mass is 35.5. The summed E-state index contributed by atoms with van der Waals surface area (Å²) in [5, 5.41) is 0. The zero-order valence-electron chi connectivity index (χ0n) is 9.13. The van der Waals surface area contributed by atoms with E-state index >= 15 is 0 Å². The molecule has 14 heavy (non-hydrogen) atoms. The van der Waals surface area contributed by atoms with E-state index in [9.17, 15) is 0 Å². The highest BCUT2D eigenvalue weighted by Crippen LogP contribution is 2.18. The van der Waals surface area contributed by atoms with Gasteiger partial charge in [-0.25, -0.2) is 0 Å². The molecule has 0 aliphatic rings. The summed E-state index contributed by atoms with van der Waals surface area (Å²) in [5.41, 5.74) is 2.45. The molecule has 0 spiro atoms. The minimum Gasteiger partial charge on any atom is -0.369 e. The van der Waals surface area contributed by atoms with Gasteiger partial charge >= 0.3 is 0 Å². The van der Waals surface area contributed by atoms with Crippen molar-refractivity contribution in [3.05, 3.63) is 29.8 Å². The average Bonchev–Trinajstić information content (AvgIpc) is 2.19. The Morgan fingerprint density at radius 1 is 1.21 bits per heavy atom. The number of rotatable bonds is 4. The van der Waals surface area contributed by atoms with Crippen LogP contribution in [0.5, 0.6) is 0 Å². The van der Waals surface area contributed by atoms with Crippen LogP contribution in [0.25, 0.3) is 0 Å². The molecule has 0 saturated heterocycles. The van der Waals surface area contributed by atoms with Crippen LogP contribution in [-0.4, -0.2) is 12.6 Å². The molecule has 0 N–H and O–H groups in total. The van der Waals surface area contributed by atoms with Gasteiger partial charge in [-0.15, -0.1) is 11.6 Å². The van der Waals surface area contributed by atoms with Crippen molar-refractivity contribution in [3.8, 4) is 0 Å². The summed E-state index contributed by atoms with van der Waals surface area (Å²) in [6.45, 7) is 7.63. The lowest BCUT2D eigenvalue weighted by Gasteiger charge is -2.27. The van der Waals surface area contributed by atoms with Crippen LogP contribution in [0.2, 0.25) is 0 Å². The first-order chi connectivity index (χ1) is 6.69. The molecule has 1 aromatic carbocycles. The van der Waals surface area contributed by atoms with E-state index < -0.39 is 0 Å². The normalized spacial score (nSPS) is 10.6. The van der Waals surface area contributed by atoms with Crippen molar-refractivity contribution in [3.63, 3.8) is 0 Å². The molecular weight excluding hydrogens is 194 g/mol. The first kappa shape index (κ1) is 11.4. The Balaban J connectivity index is 2.84. The highest BCUT2D eigenvalue weighted by Gasteiger charge is 2.07. The molecule has 0 fully saturated rings. The van der Waals surface area contributed by atoms with Crippen molar-refractivity contribution in [2.75, 3.05) is 11.4 Å². The Hall–Kier alpha value is -0.690. The van der Waals surface area contributed by atoms with Gasteiger partial charge in [0.2, 0.25) is 0 Å². The van der Waals surface area contributed by atoms with E-state index in [1.807, 2.05) is 0 Å². The second kappa shape index (κ2) is 5.26. The maximum Gasteiger partial charge on any atom is 0.0474 e. The molecule has 0 bridgehead atoms. The third-order valence-corrected chi connectivity index (χ3v) is 2.69. The van der Waals surface area contributed by atoms with E-state index in [-0.39, 0.29) is 0 Å². The van der Waals surface area contributed by atoms with Crippen LogP contribution < -0.4 is 4.90 Å². The third-order valence-electron chi connectivity index (χ3n) is 2.39. The van der Waals surface area contributed by atoms with Crippen molar-refractivity contribution in [2.45, 2.75) is 32.7 Å². The minimum atomic E-state index is 0.543. The van der Waals surface area contributed by atoms with Gasteiger partial charge in [-0.05, 0) is 38.5 Å². The van der Waals surface area contributed by atoms with Crippen LogP contribution in [0, 0.1) is 0 Å². The van der Waals surface area contributed by atoms with E-state index in [2.05, 4.69) is 49.9 Å². The maximum absolute atomic E-state index is 5.74. The Morgan fingerprint density at radius 3 is 2.14 bits per heavy atom. The molecule has 0 unspecified atom stereocenters. The maximum atomic E-state index is 5.74. The lowest BCUT2D eigenvalue weighted by atomic mass is 10.2. The van der Waals surface area contributed by atoms with Crippen molar-refractivity contribution in [2.24, 2.45) is 0 Å². The van der Waals surface area contributed by atoms with Gasteiger partial charge in [0.15, 0.2) is 0 Å². The second-order valence-electron chi connectivity index (χ2n) is 3.68. The SMILES string of the molecule is CCN(c1ccc(CCl)cc1)C(C)C. The van der Waals surface area contributed by atoms with Gasteiger partial charge in [-0.1, -0.05) is 12.1 Å². The molecule has 0 atom stereocenters. The number of anilines is 1. The quantitative estimate of drug-likeness (QED) is 0.688. The van der Waals surface area contributed by atoms with Crippen molar-refractivity contribution >= 4 is 17.3 Å². The summed E-state index contributed by atoms with van der Waals surface area (Å²) >= 11 is 5.74. The molecule has 1 nitrogen and oxygen atoms in total. The number of hydrogen-bond donors (Lipinski definition) is 0. The second-order valence-corrected chi connectivity index (χ2v) is 3.95. The largest absolute Gasteiger partial charge is 0.369 e. The number of hydrogen-bond acceptors (Lipinski definition) is 1. The van der Waals surface area contributed by atoms with Crippen LogP contribution in [0.4, 0.5) is 5.69 Å².